The average molecular weight is 333 g/mol. The van der Waals surface area contributed by atoms with Gasteiger partial charge in [0.2, 0.25) is 0 Å². The number of anilines is 2. The molecule has 1 atom stereocenters. The second-order valence-electron chi connectivity index (χ2n) is 4.70. The van der Waals surface area contributed by atoms with Gasteiger partial charge in [-0.05, 0) is 24.3 Å². The highest BCUT2D eigenvalue weighted by molar-refractivity contribution is 7.91. The van der Waals surface area contributed by atoms with Crippen LogP contribution in [0.15, 0.2) is 58.3 Å². The Morgan fingerprint density at radius 2 is 1.96 bits per heavy atom. The van der Waals surface area contributed by atoms with Gasteiger partial charge in [-0.2, -0.15) is 0 Å². The summed E-state index contributed by atoms with van der Waals surface area (Å²) in [5.74, 6) is 0. The minimum absolute atomic E-state index is 0.387. The molecule has 7 heteroatoms. The molecule has 0 aliphatic heterocycles. The summed E-state index contributed by atoms with van der Waals surface area (Å²) in [7, 11) is 1.56. The lowest BCUT2D eigenvalue weighted by atomic mass is 10.3. The number of rotatable bonds is 6. The lowest BCUT2D eigenvalue weighted by Crippen LogP contribution is -2.31. The van der Waals surface area contributed by atoms with E-state index in [9.17, 15) is 9.35 Å². The number of methoxy groups -OCH3 is 1. The van der Waals surface area contributed by atoms with Crippen LogP contribution in [0.25, 0.3) is 0 Å². The van der Waals surface area contributed by atoms with E-state index >= 15 is 0 Å². The first kappa shape index (κ1) is 17.1. The number of urea groups is 1. The summed E-state index contributed by atoms with van der Waals surface area (Å²) in [6, 6.07) is 13.6. The number of nitrogens with two attached hydrogens (primary N) is 1. The van der Waals surface area contributed by atoms with Crippen molar-refractivity contribution < 1.29 is 14.1 Å². The van der Waals surface area contributed by atoms with E-state index in [-0.39, 0.29) is 0 Å². The summed E-state index contributed by atoms with van der Waals surface area (Å²) >= 11 is -1.33. The van der Waals surface area contributed by atoms with Crippen molar-refractivity contribution in [1.29, 1.82) is 0 Å². The van der Waals surface area contributed by atoms with E-state index < -0.39 is 17.2 Å². The van der Waals surface area contributed by atoms with Crippen LogP contribution in [0.3, 0.4) is 0 Å². The molecule has 23 heavy (non-hydrogen) atoms. The number of ether oxygens (including phenoxy) is 1. The lowest BCUT2D eigenvalue weighted by molar-refractivity contribution is 0.198. The summed E-state index contributed by atoms with van der Waals surface area (Å²) in [4.78, 5) is 13.0. The molecule has 2 rings (SSSR count). The zero-order chi connectivity index (χ0) is 16.7. The van der Waals surface area contributed by atoms with Crippen molar-refractivity contribution in [1.82, 2.24) is 5.32 Å². The molecule has 0 bridgehead atoms. The number of benzene rings is 2. The molecular weight excluding hydrogens is 314 g/mol. The van der Waals surface area contributed by atoms with Gasteiger partial charge in [0.15, 0.2) is 9.79 Å². The Hall–Kier alpha value is -2.22. The van der Waals surface area contributed by atoms with Gasteiger partial charge in [0, 0.05) is 30.9 Å². The molecule has 0 aromatic heterocycles. The summed E-state index contributed by atoms with van der Waals surface area (Å²) in [6.45, 7) is 0.804. The Morgan fingerprint density at radius 3 is 2.65 bits per heavy atom. The minimum Gasteiger partial charge on any atom is -0.606 e. The topological polar surface area (TPSA) is 99.4 Å². The zero-order valence-corrected chi connectivity index (χ0v) is 13.6. The van der Waals surface area contributed by atoms with Crippen LogP contribution in [0.5, 0.6) is 0 Å². The summed E-state index contributed by atoms with van der Waals surface area (Å²) in [5.41, 5.74) is 6.69. The van der Waals surface area contributed by atoms with E-state index in [1.807, 2.05) is 18.2 Å². The Bertz CT molecular complexity index is 652. The molecule has 0 radical (unpaired) electrons. The second-order valence-corrected chi connectivity index (χ2v) is 6.18. The molecule has 0 fully saturated rings. The maximum absolute atomic E-state index is 12.5. The first-order valence-electron chi connectivity index (χ1n) is 7.02. The smallest absolute Gasteiger partial charge is 0.319 e. The van der Waals surface area contributed by atoms with Crippen molar-refractivity contribution >= 4 is 28.6 Å². The SMILES string of the molecule is COCCNC(=O)Nc1cc([S+]([O-])c2ccccc2)ccc1N. The quantitative estimate of drug-likeness (QED) is 0.429. The number of nitrogen functional groups attached to an aromatic ring is 1. The molecule has 0 saturated carbocycles. The Kier molecular flexibility index (Phi) is 6.28. The normalized spacial score (nSPS) is 11.7. The van der Waals surface area contributed by atoms with Crippen molar-refractivity contribution in [2.45, 2.75) is 9.79 Å². The average Bonchev–Trinajstić information content (AvgIpc) is 2.57. The molecule has 122 valence electrons. The fraction of sp³-hybridized carbons (Fsp3) is 0.188. The van der Waals surface area contributed by atoms with E-state index in [1.165, 1.54) is 0 Å². The van der Waals surface area contributed by atoms with E-state index in [1.54, 1.807) is 37.4 Å². The first-order chi connectivity index (χ1) is 11.1. The minimum atomic E-state index is -1.33. The van der Waals surface area contributed by atoms with Crippen LogP contribution in [0.4, 0.5) is 16.2 Å². The lowest BCUT2D eigenvalue weighted by Gasteiger charge is -2.13. The molecule has 0 aliphatic rings. The Balaban J connectivity index is 2.11. The summed E-state index contributed by atoms with van der Waals surface area (Å²) in [5, 5.41) is 5.28. The van der Waals surface area contributed by atoms with Crippen molar-refractivity contribution in [3.8, 4) is 0 Å². The highest BCUT2D eigenvalue weighted by Crippen LogP contribution is 2.27. The monoisotopic (exact) mass is 333 g/mol. The molecule has 0 spiro atoms. The molecule has 4 N–H and O–H groups in total. The zero-order valence-electron chi connectivity index (χ0n) is 12.7. The van der Waals surface area contributed by atoms with E-state index in [0.717, 1.165) is 0 Å². The molecule has 0 aliphatic carbocycles. The third kappa shape index (κ3) is 4.88. The van der Waals surface area contributed by atoms with Crippen LogP contribution in [-0.2, 0) is 15.9 Å². The van der Waals surface area contributed by atoms with Crippen LogP contribution in [-0.4, -0.2) is 30.8 Å². The predicted molar refractivity (Wildman–Crippen MR) is 90.9 cm³/mol. The van der Waals surface area contributed by atoms with Gasteiger partial charge < -0.3 is 25.7 Å². The van der Waals surface area contributed by atoms with Crippen LogP contribution in [0.2, 0.25) is 0 Å². The van der Waals surface area contributed by atoms with Crippen molar-refractivity contribution in [3.63, 3.8) is 0 Å². The first-order valence-corrected chi connectivity index (χ1v) is 8.17. The molecule has 2 aromatic rings. The van der Waals surface area contributed by atoms with Gasteiger partial charge in [-0.25, -0.2) is 4.79 Å². The van der Waals surface area contributed by atoms with Gasteiger partial charge in [0.25, 0.3) is 0 Å². The van der Waals surface area contributed by atoms with Crippen LogP contribution < -0.4 is 16.4 Å². The largest absolute Gasteiger partial charge is 0.606 e. The number of hydrogen-bond acceptors (Lipinski definition) is 4. The third-order valence-electron chi connectivity index (χ3n) is 3.04. The van der Waals surface area contributed by atoms with Crippen molar-refractivity contribution in [2.24, 2.45) is 0 Å². The Morgan fingerprint density at radius 1 is 1.22 bits per heavy atom. The number of carbonyl (C=O) groups is 1. The molecule has 1 unspecified atom stereocenters. The molecule has 2 amide bonds. The van der Waals surface area contributed by atoms with Gasteiger partial charge in [0.05, 0.1) is 18.0 Å². The van der Waals surface area contributed by atoms with Crippen LogP contribution in [0.1, 0.15) is 0 Å². The van der Waals surface area contributed by atoms with E-state index in [4.69, 9.17) is 10.5 Å². The fourth-order valence-corrected chi connectivity index (χ4v) is 2.97. The third-order valence-corrected chi connectivity index (χ3v) is 4.42. The van der Waals surface area contributed by atoms with Crippen molar-refractivity contribution in [2.75, 3.05) is 31.3 Å². The molecule has 0 saturated heterocycles. The predicted octanol–water partition coefficient (Wildman–Crippen LogP) is 2.20. The fourth-order valence-electron chi connectivity index (χ4n) is 1.87. The Labute approximate surface area is 138 Å². The molecular formula is C16H19N3O3S. The van der Waals surface area contributed by atoms with E-state index in [2.05, 4.69) is 10.6 Å². The van der Waals surface area contributed by atoms with Gasteiger partial charge in [-0.3, -0.25) is 0 Å². The summed E-state index contributed by atoms with van der Waals surface area (Å²) in [6.07, 6.45) is 0. The molecule has 0 heterocycles. The highest BCUT2D eigenvalue weighted by Gasteiger charge is 2.16. The standard InChI is InChI=1S/C16H19N3O3S/c1-22-10-9-18-16(20)19-15-11-13(7-8-14(15)17)23(21)12-5-3-2-4-6-12/h2-8,11H,9-10,17H2,1H3,(H2,18,19,20). The maximum atomic E-state index is 12.5. The van der Waals surface area contributed by atoms with Crippen LogP contribution in [0, 0.1) is 0 Å². The van der Waals surface area contributed by atoms with Gasteiger partial charge in [-0.1, -0.05) is 18.2 Å². The van der Waals surface area contributed by atoms with Gasteiger partial charge >= 0.3 is 6.03 Å². The van der Waals surface area contributed by atoms with Crippen LogP contribution >= 0.6 is 0 Å². The van der Waals surface area contributed by atoms with Gasteiger partial charge in [-0.15, -0.1) is 0 Å². The second kappa shape index (κ2) is 8.42. The number of carbonyl (C=O) groups excluding carboxylic acids is 1. The summed E-state index contributed by atoms with van der Waals surface area (Å²) < 4.78 is 17.4. The van der Waals surface area contributed by atoms with Gasteiger partial charge in [0.1, 0.15) is 0 Å². The van der Waals surface area contributed by atoms with Crippen molar-refractivity contribution in [3.05, 3.63) is 48.5 Å². The maximum Gasteiger partial charge on any atom is 0.319 e. The molecule has 6 nitrogen and oxygen atoms in total. The molecule has 2 aromatic carbocycles. The highest BCUT2D eigenvalue weighted by atomic mass is 32.2. The number of nitrogens with one attached hydrogen (secondary N) is 2. The van der Waals surface area contributed by atoms with E-state index in [0.29, 0.717) is 34.3 Å². The number of hydrogen-bond donors (Lipinski definition) is 3. The number of amides is 2.